The number of methoxy groups -OCH3 is 1. The lowest BCUT2D eigenvalue weighted by Gasteiger charge is -2.09. The standard InChI is InChI=1S/C19H16N2O4/c1-24-18(22)16-5-2-3-6-17(16)19(23)25-13-14-7-9-15(10-8-14)21-12-4-11-20-21/h2-12H,13H2,1H3. The first-order valence-electron chi connectivity index (χ1n) is 7.62. The third kappa shape index (κ3) is 3.74. The fraction of sp³-hybridized carbons (Fsp3) is 0.105. The molecular weight excluding hydrogens is 320 g/mol. The molecule has 0 atom stereocenters. The molecule has 0 amide bonds. The molecule has 2 aromatic carbocycles. The van der Waals surface area contributed by atoms with E-state index in [9.17, 15) is 9.59 Å². The molecule has 1 heterocycles. The number of ether oxygens (including phenoxy) is 2. The highest BCUT2D eigenvalue weighted by Gasteiger charge is 2.18. The van der Waals surface area contributed by atoms with Gasteiger partial charge >= 0.3 is 11.9 Å². The minimum absolute atomic E-state index is 0.105. The topological polar surface area (TPSA) is 70.4 Å². The lowest BCUT2D eigenvalue weighted by Crippen LogP contribution is -2.12. The van der Waals surface area contributed by atoms with Gasteiger partial charge in [0, 0.05) is 12.4 Å². The van der Waals surface area contributed by atoms with Crippen molar-refractivity contribution in [3.8, 4) is 5.69 Å². The third-order valence-corrected chi connectivity index (χ3v) is 3.63. The van der Waals surface area contributed by atoms with Crippen LogP contribution in [0.2, 0.25) is 0 Å². The molecule has 0 spiro atoms. The molecule has 0 N–H and O–H groups in total. The minimum atomic E-state index is -0.573. The zero-order valence-corrected chi connectivity index (χ0v) is 13.6. The first-order chi connectivity index (χ1) is 12.2. The molecule has 3 aromatic rings. The largest absolute Gasteiger partial charge is 0.465 e. The lowest BCUT2D eigenvalue weighted by molar-refractivity contribution is 0.0457. The smallest absolute Gasteiger partial charge is 0.339 e. The maximum absolute atomic E-state index is 12.3. The van der Waals surface area contributed by atoms with E-state index in [1.165, 1.54) is 19.2 Å². The van der Waals surface area contributed by atoms with Crippen LogP contribution in [0.15, 0.2) is 67.0 Å². The van der Waals surface area contributed by atoms with E-state index in [0.29, 0.717) is 0 Å². The second-order valence-electron chi connectivity index (χ2n) is 5.23. The molecule has 0 aliphatic carbocycles. The molecule has 25 heavy (non-hydrogen) atoms. The van der Waals surface area contributed by atoms with Crippen LogP contribution in [0.5, 0.6) is 0 Å². The van der Waals surface area contributed by atoms with Gasteiger partial charge in [0.25, 0.3) is 0 Å². The van der Waals surface area contributed by atoms with Gasteiger partial charge in [-0.15, -0.1) is 0 Å². The molecule has 0 saturated carbocycles. The van der Waals surface area contributed by atoms with Crippen LogP contribution in [0.4, 0.5) is 0 Å². The molecular formula is C19H16N2O4. The highest BCUT2D eigenvalue weighted by atomic mass is 16.5. The van der Waals surface area contributed by atoms with Gasteiger partial charge in [-0.25, -0.2) is 14.3 Å². The van der Waals surface area contributed by atoms with E-state index in [0.717, 1.165) is 11.3 Å². The highest BCUT2D eigenvalue weighted by Crippen LogP contribution is 2.14. The number of aromatic nitrogens is 2. The van der Waals surface area contributed by atoms with Crippen LogP contribution in [-0.4, -0.2) is 28.8 Å². The predicted molar refractivity (Wildman–Crippen MR) is 90.5 cm³/mol. The Kier molecular flexibility index (Phi) is 4.89. The normalized spacial score (nSPS) is 10.3. The van der Waals surface area contributed by atoms with Crippen LogP contribution in [0.1, 0.15) is 26.3 Å². The SMILES string of the molecule is COC(=O)c1ccccc1C(=O)OCc1ccc(-n2cccn2)cc1. The Hall–Kier alpha value is -3.41. The quantitative estimate of drug-likeness (QED) is 0.670. The van der Waals surface area contributed by atoms with Gasteiger partial charge in [0.1, 0.15) is 6.61 Å². The molecule has 0 bridgehead atoms. The van der Waals surface area contributed by atoms with Gasteiger partial charge in [0.05, 0.1) is 23.9 Å². The number of hydrogen-bond donors (Lipinski definition) is 0. The van der Waals surface area contributed by atoms with Crippen LogP contribution >= 0.6 is 0 Å². The van der Waals surface area contributed by atoms with Crippen molar-refractivity contribution in [2.24, 2.45) is 0 Å². The van der Waals surface area contributed by atoms with E-state index in [1.54, 1.807) is 23.0 Å². The number of nitrogens with zero attached hydrogens (tertiary/aromatic N) is 2. The second kappa shape index (κ2) is 7.44. The summed E-state index contributed by atoms with van der Waals surface area (Å²) in [5.41, 5.74) is 2.11. The molecule has 0 saturated heterocycles. The summed E-state index contributed by atoms with van der Waals surface area (Å²) in [6.45, 7) is 0.105. The summed E-state index contributed by atoms with van der Waals surface area (Å²) in [5.74, 6) is -1.15. The van der Waals surface area contributed by atoms with Crippen LogP contribution in [-0.2, 0) is 16.1 Å². The van der Waals surface area contributed by atoms with Crippen molar-refractivity contribution in [1.29, 1.82) is 0 Å². The molecule has 0 aliphatic heterocycles. The maximum Gasteiger partial charge on any atom is 0.339 e. The van der Waals surface area contributed by atoms with Crippen LogP contribution in [0.3, 0.4) is 0 Å². The van der Waals surface area contributed by atoms with Gasteiger partial charge in [0.2, 0.25) is 0 Å². The van der Waals surface area contributed by atoms with Crippen molar-refractivity contribution in [2.45, 2.75) is 6.61 Å². The van der Waals surface area contributed by atoms with E-state index in [1.807, 2.05) is 36.5 Å². The summed E-state index contributed by atoms with van der Waals surface area (Å²) < 4.78 is 11.7. The summed E-state index contributed by atoms with van der Waals surface area (Å²) in [4.78, 5) is 24.0. The van der Waals surface area contributed by atoms with E-state index in [4.69, 9.17) is 4.74 Å². The molecule has 1 aromatic heterocycles. The molecule has 0 radical (unpaired) electrons. The molecule has 0 unspecified atom stereocenters. The lowest BCUT2D eigenvalue weighted by atomic mass is 10.1. The van der Waals surface area contributed by atoms with Gasteiger partial charge < -0.3 is 9.47 Å². The van der Waals surface area contributed by atoms with Gasteiger partial charge in [-0.3, -0.25) is 0 Å². The number of carbonyl (C=O) groups is 2. The zero-order chi connectivity index (χ0) is 17.6. The Morgan fingerprint density at radius 1 is 0.960 bits per heavy atom. The number of benzene rings is 2. The van der Waals surface area contributed by atoms with E-state index >= 15 is 0 Å². The van der Waals surface area contributed by atoms with E-state index in [2.05, 4.69) is 9.84 Å². The monoisotopic (exact) mass is 336 g/mol. The van der Waals surface area contributed by atoms with Crippen molar-refractivity contribution in [3.63, 3.8) is 0 Å². The summed E-state index contributed by atoms with van der Waals surface area (Å²) in [6, 6.07) is 15.7. The highest BCUT2D eigenvalue weighted by molar-refractivity contribution is 6.03. The summed E-state index contributed by atoms with van der Waals surface area (Å²) in [7, 11) is 1.27. The van der Waals surface area contributed by atoms with Crippen molar-refractivity contribution in [2.75, 3.05) is 7.11 Å². The predicted octanol–water partition coefficient (Wildman–Crippen LogP) is 3.02. The van der Waals surface area contributed by atoms with Crippen molar-refractivity contribution in [1.82, 2.24) is 9.78 Å². The molecule has 126 valence electrons. The van der Waals surface area contributed by atoms with E-state index < -0.39 is 11.9 Å². The van der Waals surface area contributed by atoms with Gasteiger partial charge in [0.15, 0.2) is 0 Å². The van der Waals surface area contributed by atoms with Gasteiger partial charge in [-0.1, -0.05) is 24.3 Å². The number of hydrogen-bond acceptors (Lipinski definition) is 5. The Morgan fingerprint density at radius 3 is 2.24 bits per heavy atom. The average Bonchev–Trinajstić information content (AvgIpc) is 3.20. The number of carbonyl (C=O) groups excluding carboxylic acids is 2. The summed E-state index contributed by atoms with van der Waals surface area (Å²) in [5, 5.41) is 4.15. The molecule has 0 aliphatic rings. The van der Waals surface area contributed by atoms with Crippen LogP contribution in [0.25, 0.3) is 5.69 Å². The van der Waals surface area contributed by atoms with Crippen molar-refractivity contribution >= 4 is 11.9 Å². The Bertz CT molecular complexity index is 871. The third-order valence-electron chi connectivity index (χ3n) is 3.63. The van der Waals surface area contributed by atoms with Crippen molar-refractivity contribution < 1.29 is 19.1 Å². The minimum Gasteiger partial charge on any atom is -0.465 e. The van der Waals surface area contributed by atoms with Gasteiger partial charge in [-0.2, -0.15) is 5.10 Å². The number of esters is 2. The fourth-order valence-electron chi connectivity index (χ4n) is 2.34. The molecule has 3 rings (SSSR count). The first kappa shape index (κ1) is 16.4. The average molecular weight is 336 g/mol. The zero-order valence-electron chi connectivity index (χ0n) is 13.6. The van der Waals surface area contributed by atoms with Gasteiger partial charge in [-0.05, 0) is 35.9 Å². The molecule has 6 nitrogen and oxygen atoms in total. The van der Waals surface area contributed by atoms with Crippen LogP contribution in [0, 0.1) is 0 Å². The molecule has 0 fully saturated rings. The van der Waals surface area contributed by atoms with E-state index in [-0.39, 0.29) is 17.7 Å². The summed E-state index contributed by atoms with van der Waals surface area (Å²) in [6.07, 6.45) is 3.55. The Labute approximate surface area is 144 Å². The number of rotatable bonds is 5. The first-order valence-corrected chi connectivity index (χ1v) is 7.62. The summed E-state index contributed by atoms with van der Waals surface area (Å²) >= 11 is 0. The van der Waals surface area contributed by atoms with Crippen LogP contribution < -0.4 is 0 Å². The second-order valence-corrected chi connectivity index (χ2v) is 5.23. The Morgan fingerprint density at radius 2 is 1.64 bits per heavy atom. The fourth-order valence-corrected chi connectivity index (χ4v) is 2.34. The Balaban J connectivity index is 1.68. The van der Waals surface area contributed by atoms with Crippen molar-refractivity contribution in [3.05, 3.63) is 83.7 Å². The maximum atomic E-state index is 12.3. The molecule has 6 heteroatoms.